The molecule has 1 aliphatic rings. The summed E-state index contributed by atoms with van der Waals surface area (Å²) in [7, 11) is 0. The Bertz CT molecular complexity index is 727. The van der Waals surface area contributed by atoms with Crippen molar-refractivity contribution in [2.45, 2.75) is 38.3 Å². The summed E-state index contributed by atoms with van der Waals surface area (Å²) < 4.78 is 37.3. The molecule has 0 fully saturated rings. The zero-order chi connectivity index (χ0) is 16.4. The Morgan fingerprint density at radius 1 is 1.17 bits per heavy atom. The lowest BCUT2D eigenvalue weighted by Gasteiger charge is -2.16. The molecule has 2 aromatic rings. The number of carbonyl (C=O) groups excluding carboxylic acids is 1. The van der Waals surface area contributed by atoms with Crippen LogP contribution in [-0.4, -0.2) is 16.1 Å². The number of halogens is 3. The molecule has 0 aliphatic heterocycles. The molecule has 3 rings (SSSR count). The quantitative estimate of drug-likeness (QED) is 0.928. The summed E-state index contributed by atoms with van der Waals surface area (Å²) >= 11 is 0.322. The number of amides is 1. The van der Waals surface area contributed by atoms with Crippen LogP contribution in [0.1, 0.15) is 34.5 Å². The van der Waals surface area contributed by atoms with Crippen LogP contribution >= 0.6 is 11.3 Å². The average molecular weight is 341 g/mol. The van der Waals surface area contributed by atoms with E-state index in [9.17, 15) is 18.0 Å². The van der Waals surface area contributed by atoms with E-state index in [1.54, 1.807) is 0 Å². The van der Waals surface area contributed by atoms with Crippen LogP contribution in [0.25, 0.3) is 0 Å². The number of hydrogen-bond donors (Lipinski definition) is 1. The lowest BCUT2D eigenvalue weighted by Crippen LogP contribution is -2.15. The molecule has 1 amide bonds. The summed E-state index contributed by atoms with van der Waals surface area (Å²) in [6.07, 6.45) is -0.0324. The molecule has 1 heterocycles. The highest BCUT2D eigenvalue weighted by atomic mass is 32.1. The van der Waals surface area contributed by atoms with Crippen LogP contribution in [0, 0.1) is 0 Å². The van der Waals surface area contributed by atoms with E-state index in [-0.39, 0.29) is 11.6 Å². The zero-order valence-corrected chi connectivity index (χ0v) is 12.9. The molecule has 0 spiro atoms. The van der Waals surface area contributed by atoms with E-state index in [1.165, 1.54) is 17.5 Å². The molecule has 1 aliphatic carbocycles. The maximum Gasteiger partial charge on any atom is 0.445 e. The molecule has 1 aromatic heterocycles. The lowest BCUT2D eigenvalue weighted by molar-refractivity contribution is -0.138. The van der Waals surface area contributed by atoms with Crippen LogP contribution in [0.2, 0.25) is 0 Å². The van der Waals surface area contributed by atoms with E-state index in [4.69, 9.17) is 0 Å². The van der Waals surface area contributed by atoms with Gasteiger partial charge in [0.15, 0.2) is 0 Å². The molecule has 122 valence electrons. The van der Waals surface area contributed by atoms with Gasteiger partial charge in [0.1, 0.15) is 0 Å². The third-order valence-electron chi connectivity index (χ3n) is 3.69. The number of benzene rings is 1. The van der Waals surface area contributed by atoms with Gasteiger partial charge in [0.25, 0.3) is 0 Å². The Balaban J connectivity index is 1.64. The van der Waals surface area contributed by atoms with Gasteiger partial charge in [-0.2, -0.15) is 13.2 Å². The summed E-state index contributed by atoms with van der Waals surface area (Å²) in [6, 6.07) is 5.93. The van der Waals surface area contributed by atoms with Gasteiger partial charge in [0.2, 0.25) is 16.0 Å². The van der Waals surface area contributed by atoms with Crippen molar-refractivity contribution in [2.75, 3.05) is 5.32 Å². The largest absolute Gasteiger partial charge is 0.445 e. The Morgan fingerprint density at radius 2 is 1.91 bits per heavy atom. The lowest BCUT2D eigenvalue weighted by atomic mass is 9.90. The highest BCUT2D eigenvalue weighted by Crippen LogP contribution is 2.33. The topological polar surface area (TPSA) is 54.9 Å². The third-order valence-corrected chi connectivity index (χ3v) is 4.57. The van der Waals surface area contributed by atoms with Crippen LogP contribution in [0.5, 0.6) is 0 Å². The van der Waals surface area contributed by atoms with E-state index < -0.39 is 17.1 Å². The van der Waals surface area contributed by atoms with Gasteiger partial charge in [-0.25, -0.2) is 0 Å². The highest BCUT2D eigenvalue weighted by Gasteiger charge is 2.35. The zero-order valence-electron chi connectivity index (χ0n) is 12.1. The Labute approximate surface area is 134 Å². The molecule has 1 aromatic carbocycles. The second-order valence-electron chi connectivity index (χ2n) is 5.45. The SMILES string of the molecule is O=C(Cc1ccc2c(c1)CCCC2)Nc1nnc(C(F)(F)F)s1. The molecule has 0 saturated heterocycles. The fourth-order valence-corrected chi connectivity index (χ4v) is 3.26. The number of rotatable bonds is 3. The predicted molar refractivity (Wildman–Crippen MR) is 80.3 cm³/mol. The maximum atomic E-state index is 12.4. The minimum atomic E-state index is -4.54. The van der Waals surface area contributed by atoms with Gasteiger partial charge in [-0.1, -0.05) is 29.5 Å². The maximum absolute atomic E-state index is 12.4. The summed E-state index contributed by atoms with van der Waals surface area (Å²) in [4.78, 5) is 12.0. The monoisotopic (exact) mass is 341 g/mol. The second-order valence-corrected chi connectivity index (χ2v) is 6.42. The van der Waals surface area contributed by atoms with Gasteiger partial charge in [0, 0.05) is 0 Å². The Hall–Kier alpha value is -1.96. The number of nitrogens with zero attached hydrogens (tertiary/aromatic N) is 2. The van der Waals surface area contributed by atoms with E-state index in [1.807, 2.05) is 18.2 Å². The predicted octanol–water partition coefficient (Wildman–Crippen LogP) is 3.62. The molecule has 23 heavy (non-hydrogen) atoms. The number of anilines is 1. The summed E-state index contributed by atoms with van der Waals surface area (Å²) in [6.45, 7) is 0. The van der Waals surface area contributed by atoms with Crippen molar-refractivity contribution in [3.05, 3.63) is 39.9 Å². The number of alkyl halides is 3. The van der Waals surface area contributed by atoms with Crippen LogP contribution in [0.3, 0.4) is 0 Å². The smallest absolute Gasteiger partial charge is 0.300 e. The van der Waals surface area contributed by atoms with E-state index in [2.05, 4.69) is 15.5 Å². The fourth-order valence-electron chi connectivity index (χ4n) is 2.63. The molecule has 0 radical (unpaired) electrons. The first-order valence-electron chi connectivity index (χ1n) is 7.23. The minimum Gasteiger partial charge on any atom is -0.300 e. The first-order chi connectivity index (χ1) is 10.9. The van der Waals surface area contributed by atoms with Crippen molar-refractivity contribution in [1.29, 1.82) is 0 Å². The van der Waals surface area contributed by atoms with Crippen LogP contribution < -0.4 is 5.32 Å². The van der Waals surface area contributed by atoms with Crippen molar-refractivity contribution in [3.8, 4) is 0 Å². The van der Waals surface area contributed by atoms with Crippen LogP contribution in [-0.2, 0) is 30.2 Å². The molecule has 0 unspecified atom stereocenters. The van der Waals surface area contributed by atoms with Crippen molar-refractivity contribution >= 4 is 22.4 Å². The van der Waals surface area contributed by atoms with Gasteiger partial charge >= 0.3 is 6.18 Å². The number of hydrogen-bond acceptors (Lipinski definition) is 4. The first-order valence-corrected chi connectivity index (χ1v) is 8.05. The summed E-state index contributed by atoms with van der Waals surface area (Å²) in [5.74, 6) is -0.398. The van der Waals surface area contributed by atoms with E-state index >= 15 is 0 Å². The Morgan fingerprint density at radius 3 is 2.61 bits per heavy atom. The van der Waals surface area contributed by atoms with Gasteiger partial charge in [0.05, 0.1) is 6.42 Å². The normalized spacial score (nSPS) is 14.4. The number of aryl methyl sites for hydroxylation is 2. The molecule has 0 saturated carbocycles. The van der Waals surface area contributed by atoms with Crippen molar-refractivity contribution in [3.63, 3.8) is 0 Å². The second kappa shape index (κ2) is 6.27. The molecule has 0 bridgehead atoms. The Kier molecular flexibility index (Phi) is 4.34. The first kappa shape index (κ1) is 15.9. The van der Waals surface area contributed by atoms with Gasteiger partial charge < -0.3 is 5.32 Å². The molecule has 1 N–H and O–H groups in total. The minimum absolute atomic E-state index is 0.105. The number of aromatic nitrogens is 2. The average Bonchev–Trinajstić information content (AvgIpc) is 2.95. The van der Waals surface area contributed by atoms with Crippen molar-refractivity contribution < 1.29 is 18.0 Å². The number of carbonyl (C=O) groups is 1. The summed E-state index contributed by atoms with van der Waals surface area (Å²) in [5.41, 5.74) is 3.43. The highest BCUT2D eigenvalue weighted by molar-refractivity contribution is 7.15. The van der Waals surface area contributed by atoms with Crippen molar-refractivity contribution in [1.82, 2.24) is 10.2 Å². The van der Waals surface area contributed by atoms with E-state index in [0.717, 1.165) is 24.8 Å². The van der Waals surface area contributed by atoms with Crippen LogP contribution in [0.15, 0.2) is 18.2 Å². The van der Waals surface area contributed by atoms with Crippen LogP contribution in [0.4, 0.5) is 18.3 Å². The summed E-state index contributed by atoms with van der Waals surface area (Å²) in [5, 5.41) is 7.55. The number of fused-ring (bicyclic) bond motifs is 1. The van der Waals surface area contributed by atoms with Gasteiger partial charge in [-0.15, -0.1) is 10.2 Å². The van der Waals surface area contributed by atoms with Gasteiger partial charge in [-0.05, 0) is 42.4 Å². The number of nitrogens with one attached hydrogen (secondary N) is 1. The molecule has 0 atom stereocenters. The van der Waals surface area contributed by atoms with Gasteiger partial charge in [-0.3, -0.25) is 4.79 Å². The third kappa shape index (κ3) is 3.87. The molecular weight excluding hydrogens is 327 g/mol. The van der Waals surface area contributed by atoms with Crippen molar-refractivity contribution in [2.24, 2.45) is 0 Å². The fraction of sp³-hybridized carbons (Fsp3) is 0.400. The molecule has 8 heteroatoms. The standard InChI is InChI=1S/C15H14F3N3OS/c16-15(17,18)13-20-21-14(23-13)19-12(22)8-9-5-6-10-3-1-2-4-11(10)7-9/h5-7H,1-4,8H2,(H,19,21,22). The molecule has 4 nitrogen and oxygen atoms in total. The molecular formula is C15H14F3N3OS. The van der Waals surface area contributed by atoms with E-state index in [0.29, 0.717) is 11.3 Å².